The van der Waals surface area contributed by atoms with Crippen LogP contribution in [0.5, 0.6) is 0 Å². The van der Waals surface area contributed by atoms with Crippen LogP contribution >= 0.6 is 0 Å². The Morgan fingerprint density at radius 1 is 1.35 bits per heavy atom. The number of amides is 1. The summed E-state index contributed by atoms with van der Waals surface area (Å²) >= 11 is 0. The smallest absolute Gasteiger partial charge is 0.407 e. The number of alkyl halides is 2. The molecule has 31 heavy (non-hydrogen) atoms. The minimum absolute atomic E-state index is 0.0895. The molecule has 2 atom stereocenters. The molecule has 8 heteroatoms. The van der Waals surface area contributed by atoms with Crippen LogP contribution in [0.25, 0.3) is 0 Å². The van der Waals surface area contributed by atoms with Crippen LogP contribution < -0.4 is 9.80 Å². The predicted octanol–water partition coefficient (Wildman–Crippen LogP) is 4.85. The Bertz CT molecular complexity index is 862. The van der Waals surface area contributed by atoms with Crippen LogP contribution in [-0.2, 0) is 0 Å². The average molecular weight is 435 g/mol. The zero-order chi connectivity index (χ0) is 23.0. The fourth-order valence-electron chi connectivity index (χ4n) is 4.76. The number of carboxylic acid groups (broad SMARTS) is 1. The third-order valence-corrected chi connectivity index (χ3v) is 6.20. The average Bonchev–Trinajstić information content (AvgIpc) is 2.97. The first-order valence-corrected chi connectivity index (χ1v) is 10.8. The molecule has 1 N–H and O–H groups in total. The molecule has 1 fully saturated rings. The molecule has 3 rings (SSSR count). The minimum Gasteiger partial charge on any atom is -0.465 e. The first kappa shape index (κ1) is 23.1. The van der Waals surface area contributed by atoms with Crippen LogP contribution in [0.4, 0.5) is 25.0 Å². The van der Waals surface area contributed by atoms with Crippen LogP contribution in [-0.4, -0.2) is 55.4 Å². The number of benzene rings is 1. The number of fused-ring (bicyclic) bond motifs is 1. The number of rotatable bonds is 5. The second kappa shape index (κ2) is 8.52. The summed E-state index contributed by atoms with van der Waals surface area (Å²) in [7, 11) is 1.91. The first-order valence-electron chi connectivity index (χ1n) is 10.8. The van der Waals surface area contributed by atoms with Gasteiger partial charge in [-0.2, -0.15) is 5.26 Å². The predicted molar refractivity (Wildman–Crippen MR) is 117 cm³/mol. The van der Waals surface area contributed by atoms with Gasteiger partial charge >= 0.3 is 6.09 Å². The standard InChI is InChI=1S/C23H32F2N4O2/c1-22(2,3)14-28(21(30)31)12-17-7-8-23(24,25)18(9-17)13-29-15-27(4)19-6-5-16(11-26)10-20(19)29/h5-6,10,17-18H,7-9,12-15H2,1-4H3,(H,30,31)/t17-,18+/m1/s1. The maximum Gasteiger partial charge on any atom is 0.407 e. The molecule has 1 amide bonds. The number of carbonyl (C=O) groups is 1. The number of nitriles is 1. The summed E-state index contributed by atoms with van der Waals surface area (Å²) in [6.45, 7) is 7.25. The quantitative estimate of drug-likeness (QED) is 0.717. The summed E-state index contributed by atoms with van der Waals surface area (Å²) < 4.78 is 29.7. The van der Waals surface area contributed by atoms with Crippen LogP contribution in [0.1, 0.15) is 45.6 Å². The molecule has 170 valence electrons. The Labute approximate surface area is 183 Å². The van der Waals surface area contributed by atoms with Gasteiger partial charge in [-0.15, -0.1) is 0 Å². The van der Waals surface area contributed by atoms with Crippen molar-refractivity contribution in [3.8, 4) is 6.07 Å². The maximum absolute atomic E-state index is 14.9. The largest absolute Gasteiger partial charge is 0.465 e. The van der Waals surface area contributed by atoms with Crippen molar-refractivity contribution in [2.75, 3.05) is 43.2 Å². The highest BCUT2D eigenvalue weighted by Gasteiger charge is 2.46. The van der Waals surface area contributed by atoms with Crippen molar-refractivity contribution in [3.05, 3.63) is 23.8 Å². The van der Waals surface area contributed by atoms with E-state index in [0.29, 0.717) is 25.2 Å². The van der Waals surface area contributed by atoms with E-state index < -0.39 is 17.9 Å². The van der Waals surface area contributed by atoms with Crippen molar-refractivity contribution >= 4 is 17.5 Å². The zero-order valence-corrected chi connectivity index (χ0v) is 18.7. The second-order valence-corrected chi connectivity index (χ2v) is 10.2. The van der Waals surface area contributed by atoms with Crippen molar-refractivity contribution < 1.29 is 18.7 Å². The summed E-state index contributed by atoms with van der Waals surface area (Å²) in [5, 5.41) is 18.8. The van der Waals surface area contributed by atoms with E-state index in [1.165, 1.54) is 4.90 Å². The lowest BCUT2D eigenvalue weighted by Crippen LogP contribution is -2.47. The Morgan fingerprint density at radius 3 is 2.68 bits per heavy atom. The SMILES string of the molecule is CN1CN(C[C@@H]2C[C@H](CN(CC(C)(C)C)C(=O)O)CCC2(F)F)c2cc(C#N)ccc21. The van der Waals surface area contributed by atoms with Crippen LogP contribution in [0.2, 0.25) is 0 Å². The number of hydrogen-bond donors (Lipinski definition) is 1. The number of anilines is 2. The molecule has 1 aliphatic heterocycles. The van der Waals surface area contributed by atoms with Crippen LogP contribution in [0, 0.1) is 28.6 Å². The van der Waals surface area contributed by atoms with E-state index >= 15 is 0 Å². The molecule has 1 aromatic carbocycles. The van der Waals surface area contributed by atoms with Gasteiger partial charge in [-0.05, 0) is 42.4 Å². The fraction of sp³-hybridized carbons (Fsp3) is 0.652. The van der Waals surface area contributed by atoms with Crippen molar-refractivity contribution in [1.29, 1.82) is 5.26 Å². The van der Waals surface area contributed by atoms with E-state index in [-0.39, 0.29) is 37.3 Å². The van der Waals surface area contributed by atoms with E-state index in [9.17, 15) is 23.9 Å². The van der Waals surface area contributed by atoms with Gasteiger partial charge in [-0.1, -0.05) is 20.8 Å². The lowest BCUT2D eigenvalue weighted by atomic mass is 9.78. The molecule has 1 aromatic rings. The molecule has 0 saturated heterocycles. The van der Waals surface area contributed by atoms with Gasteiger partial charge < -0.3 is 19.8 Å². The molecule has 0 unspecified atom stereocenters. The van der Waals surface area contributed by atoms with Crippen molar-refractivity contribution in [3.63, 3.8) is 0 Å². The third-order valence-electron chi connectivity index (χ3n) is 6.20. The second-order valence-electron chi connectivity index (χ2n) is 10.2. The highest BCUT2D eigenvalue weighted by Crippen LogP contribution is 2.44. The van der Waals surface area contributed by atoms with E-state index in [0.717, 1.165) is 11.4 Å². The van der Waals surface area contributed by atoms with E-state index in [1.54, 1.807) is 12.1 Å². The van der Waals surface area contributed by atoms with Crippen LogP contribution in [0.3, 0.4) is 0 Å². The minimum atomic E-state index is -2.79. The third kappa shape index (κ3) is 5.38. The highest BCUT2D eigenvalue weighted by molar-refractivity contribution is 5.77. The molecule has 1 aliphatic carbocycles. The van der Waals surface area contributed by atoms with Crippen molar-refractivity contribution in [2.24, 2.45) is 17.3 Å². The lowest BCUT2D eigenvalue weighted by molar-refractivity contribution is -0.0965. The number of nitrogens with zero attached hydrogens (tertiary/aromatic N) is 4. The van der Waals surface area contributed by atoms with Gasteiger partial charge in [0.1, 0.15) is 0 Å². The molecule has 0 spiro atoms. The normalized spacial score (nSPS) is 22.7. The highest BCUT2D eigenvalue weighted by atomic mass is 19.3. The topological polar surface area (TPSA) is 70.8 Å². The lowest BCUT2D eigenvalue weighted by Gasteiger charge is -2.40. The Hall–Kier alpha value is -2.56. The fourth-order valence-corrected chi connectivity index (χ4v) is 4.76. The molecule has 1 heterocycles. The molecule has 6 nitrogen and oxygen atoms in total. The first-order chi connectivity index (χ1) is 14.4. The summed E-state index contributed by atoms with van der Waals surface area (Å²) in [4.78, 5) is 17.0. The van der Waals surface area contributed by atoms with Gasteiger partial charge in [0.2, 0.25) is 0 Å². The summed E-state index contributed by atoms with van der Waals surface area (Å²) in [6.07, 6.45) is -0.607. The van der Waals surface area contributed by atoms with Gasteiger partial charge in [-0.25, -0.2) is 13.6 Å². The Morgan fingerprint density at radius 2 is 2.06 bits per heavy atom. The van der Waals surface area contributed by atoms with E-state index in [4.69, 9.17) is 0 Å². The number of hydrogen-bond acceptors (Lipinski definition) is 4. The monoisotopic (exact) mass is 434 g/mol. The van der Waals surface area contributed by atoms with Gasteiger partial charge in [0.05, 0.1) is 29.7 Å². The number of halogens is 2. The van der Waals surface area contributed by atoms with Gasteiger partial charge in [-0.3, -0.25) is 0 Å². The van der Waals surface area contributed by atoms with Crippen molar-refractivity contribution in [1.82, 2.24) is 4.90 Å². The van der Waals surface area contributed by atoms with Crippen molar-refractivity contribution in [2.45, 2.75) is 46.0 Å². The van der Waals surface area contributed by atoms with E-state index in [2.05, 4.69) is 6.07 Å². The van der Waals surface area contributed by atoms with E-state index in [1.807, 2.05) is 43.7 Å². The summed E-state index contributed by atoms with van der Waals surface area (Å²) in [5.74, 6) is -3.74. The molecule has 0 bridgehead atoms. The Balaban J connectivity index is 1.74. The molecule has 0 radical (unpaired) electrons. The molecule has 0 aromatic heterocycles. The molecule has 1 saturated carbocycles. The molecule has 2 aliphatic rings. The Kier molecular flexibility index (Phi) is 6.35. The molecular formula is C23H32F2N4O2. The molecular weight excluding hydrogens is 402 g/mol. The van der Waals surface area contributed by atoms with Gasteiger partial charge in [0.25, 0.3) is 5.92 Å². The van der Waals surface area contributed by atoms with Gasteiger partial charge in [0, 0.05) is 39.0 Å². The summed E-state index contributed by atoms with van der Waals surface area (Å²) in [6, 6.07) is 7.46. The van der Waals surface area contributed by atoms with Crippen LogP contribution in [0.15, 0.2) is 18.2 Å². The van der Waals surface area contributed by atoms with Gasteiger partial charge in [0.15, 0.2) is 0 Å². The summed E-state index contributed by atoms with van der Waals surface area (Å²) in [5.41, 5.74) is 2.04. The maximum atomic E-state index is 14.9. The zero-order valence-electron chi connectivity index (χ0n) is 18.7.